The monoisotopic (exact) mass is 437 g/mol. The van der Waals surface area contributed by atoms with Gasteiger partial charge >= 0.3 is 6.09 Å². The molecule has 2 amide bonds. The number of thiophene rings is 1. The van der Waals surface area contributed by atoms with Gasteiger partial charge in [-0.3, -0.25) is 15.1 Å². The molecule has 2 heterocycles. The molecule has 7 nitrogen and oxygen atoms in total. The molecule has 1 saturated heterocycles. The van der Waals surface area contributed by atoms with Crippen molar-refractivity contribution in [3.05, 3.63) is 77.2 Å². The lowest BCUT2D eigenvalue weighted by atomic mass is 10.1. The second-order valence-corrected chi connectivity index (χ2v) is 8.41. The van der Waals surface area contributed by atoms with E-state index in [1.54, 1.807) is 35.6 Å². The Labute approximate surface area is 184 Å². The van der Waals surface area contributed by atoms with E-state index in [1.807, 2.05) is 41.8 Å². The number of β-amino-alcohol motifs (C(OH)–C–C–N with tert-alkyl or cyclic N) is 1. The van der Waals surface area contributed by atoms with E-state index >= 15 is 0 Å². The summed E-state index contributed by atoms with van der Waals surface area (Å²) < 4.78 is 0. The summed E-state index contributed by atoms with van der Waals surface area (Å²) in [6.07, 6.45) is -0.771. The van der Waals surface area contributed by atoms with Crippen molar-refractivity contribution in [1.82, 2.24) is 10.3 Å². The zero-order valence-electron chi connectivity index (χ0n) is 16.8. The topological polar surface area (TPSA) is 93.1 Å². The molecule has 1 unspecified atom stereocenters. The average molecular weight is 438 g/mol. The second-order valence-electron chi connectivity index (χ2n) is 7.46. The van der Waals surface area contributed by atoms with Crippen molar-refractivity contribution in [3.8, 4) is 10.4 Å². The first-order valence-corrected chi connectivity index (χ1v) is 10.8. The molecule has 3 N–H and O–H groups in total. The van der Waals surface area contributed by atoms with Crippen molar-refractivity contribution >= 4 is 29.0 Å². The highest BCUT2D eigenvalue weighted by Crippen LogP contribution is 2.26. The molecule has 160 valence electrons. The van der Waals surface area contributed by atoms with E-state index in [4.69, 9.17) is 0 Å². The Kier molecular flexibility index (Phi) is 6.31. The Hall–Kier alpha value is -3.20. The summed E-state index contributed by atoms with van der Waals surface area (Å²) in [5.41, 5.74) is 5.19. The number of nitrogens with one attached hydrogen (secondary N) is 1. The van der Waals surface area contributed by atoms with Gasteiger partial charge in [-0.25, -0.2) is 4.79 Å². The smallest absolute Gasteiger partial charge is 0.431 e. The summed E-state index contributed by atoms with van der Waals surface area (Å²) >= 11 is 1.60. The van der Waals surface area contributed by atoms with Gasteiger partial charge in [0.05, 0.1) is 11.8 Å². The maximum absolute atomic E-state index is 12.6. The Morgan fingerprint density at radius 1 is 1.10 bits per heavy atom. The molecule has 1 aliphatic rings. The number of carbonyl (C=O) groups excluding carboxylic acids is 1. The number of carbonyl (C=O) groups is 2. The first kappa shape index (κ1) is 21.0. The van der Waals surface area contributed by atoms with Crippen LogP contribution < -0.4 is 10.4 Å². The summed E-state index contributed by atoms with van der Waals surface area (Å²) in [7, 11) is 0. The predicted octanol–water partition coefficient (Wildman–Crippen LogP) is 3.81. The highest BCUT2D eigenvalue weighted by Gasteiger charge is 2.21. The van der Waals surface area contributed by atoms with Crippen LogP contribution in [0.2, 0.25) is 0 Å². The summed E-state index contributed by atoms with van der Waals surface area (Å²) in [4.78, 5) is 27.6. The summed E-state index contributed by atoms with van der Waals surface area (Å²) in [6, 6.07) is 18.0. The molecule has 31 heavy (non-hydrogen) atoms. The van der Waals surface area contributed by atoms with Crippen LogP contribution in [0.15, 0.2) is 66.0 Å². The number of hydrogen-bond donors (Lipinski definition) is 3. The van der Waals surface area contributed by atoms with E-state index in [0.717, 1.165) is 34.0 Å². The third-order valence-electron chi connectivity index (χ3n) is 5.21. The van der Waals surface area contributed by atoms with Gasteiger partial charge in [-0.05, 0) is 53.3 Å². The van der Waals surface area contributed by atoms with Gasteiger partial charge in [-0.1, -0.05) is 30.3 Å². The number of hydrogen-bond acceptors (Lipinski definition) is 5. The molecule has 1 atom stereocenters. The predicted molar refractivity (Wildman–Crippen MR) is 120 cm³/mol. The zero-order chi connectivity index (χ0) is 21.8. The average Bonchev–Trinajstić information content (AvgIpc) is 3.44. The molecular formula is C23H23N3O4S. The van der Waals surface area contributed by atoms with Crippen molar-refractivity contribution in [2.75, 3.05) is 18.1 Å². The fraction of sp³-hybridized carbons (Fsp3) is 0.217. The van der Waals surface area contributed by atoms with Gasteiger partial charge in [-0.2, -0.15) is 5.01 Å². The maximum atomic E-state index is 12.6. The first-order valence-electron chi connectivity index (χ1n) is 9.97. The highest BCUT2D eigenvalue weighted by molar-refractivity contribution is 7.13. The normalized spacial score (nSPS) is 16.2. The molecule has 4 rings (SSSR count). The van der Waals surface area contributed by atoms with Gasteiger partial charge in [-0.15, -0.1) is 11.3 Å². The van der Waals surface area contributed by atoms with Gasteiger partial charge in [0.15, 0.2) is 0 Å². The SMILES string of the molecule is O=C(NN(C(=O)O)c1ccc(-c2cccs2)cc1)c1ccc(CN2CCC(O)C2)cc1. The quantitative estimate of drug-likeness (QED) is 0.528. The lowest BCUT2D eigenvalue weighted by Gasteiger charge is -2.20. The largest absolute Gasteiger partial charge is 0.463 e. The second kappa shape index (κ2) is 9.30. The van der Waals surface area contributed by atoms with Crippen molar-refractivity contribution in [2.45, 2.75) is 19.1 Å². The minimum Gasteiger partial charge on any atom is -0.463 e. The number of aliphatic hydroxyl groups is 1. The van der Waals surface area contributed by atoms with Crippen LogP contribution >= 0.6 is 11.3 Å². The highest BCUT2D eigenvalue weighted by atomic mass is 32.1. The van der Waals surface area contributed by atoms with Gasteiger partial charge < -0.3 is 10.2 Å². The third-order valence-corrected chi connectivity index (χ3v) is 6.12. The molecule has 0 spiro atoms. The van der Waals surface area contributed by atoms with Crippen LogP contribution in [0.3, 0.4) is 0 Å². The van der Waals surface area contributed by atoms with Gasteiger partial charge in [0, 0.05) is 30.1 Å². The lowest BCUT2D eigenvalue weighted by Crippen LogP contribution is -2.45. The fourth-order valence-electron chi connectivity index (χ4n) is 3.58. The number of benzene rings is 2. The maximum Gasteiger partial charge on any atom is 0.431 e. The molecule has 0 aliphatic carbocycles. The molecule has 0 radical (unpaired) electrons. The number of nitrogens with zero attached hydrogens (tertiary/aromatic N) is 2. The zero-order valence-corrected chi connectivity index (χ0v) is 17.6. The molecule has 1 aromatic heterocycles. The van der Waals surface area contributed by atoms with Crippen molar-refractivity contribution in [2.24, 2.45) is 0 Å². The molecule has 1 aliphatic heterocycles. The number of amides is 2. The van der Waals surface area contributed by atoms with E-state index in [1.165, 1.54) is 0 Å². The third kappa shape index (κ3) is 5.11. The van der Waals surface area contributed by atoms with Crippen LogP contribution in [0.1, 0.15) is 22.3 Å². The fourth-order valence-corrected chi connectivity index (χ4v) is 4.32. The van der Waals surface area contributed by atoms with E-state index in [0.29, 0.717) is 24.3 Å². The number of rotatable bonds is 5. The van der Waals surface area contributed by atoms with Crippen LogP contribution in [-0.2, 0) is 6.54 Å². The van der Waals surface area contributed by atoms with E-state index in [2.05, 4.69) is 10.3 Å². The summed E-state index contributed by atoms with van der Waals surface area (Å²) in [5.74, 6) is -0.507. The van der Waals surface area contributed by atoms with Gasteiger partial charge in [0.25, 0.3) is 5.91 Å². The standard InChI is InChI=1S/C23H23N3O4S/c27-20-11-12-25(15-20)14-16-3-5-18(6-4-16)22(28)24-26(23(29)30)19-9-7-17(8-10-19)21-2-1-13-31-21/h1-10,13,20,27H,11-12,14-15H2,(H,24,28)(H,29,30). The molecular weight excluding hydrogens is 414 g/mol. The van der Waals surface area contributed by atoms with Gasteiger partial charge in [0.1, 0.15) is 0 Å². The Balaban J connectivity index is 1.42. The minimum atomic E-state index is -1.28. The summed E-state index contributed by atoms with van der Waals surface area (Å²) in [5, 5.41) is 22.0. The molecule has 0 bridgehead atoms. The Bertz CT molecular complexity index is 1040. The lowest BCUT2D eigenvalue weighted by molar-refractivity contribution is 0.0944. The number of hydrazine groups is 1. The molecule has 1 fully saturated rings. The Morgan fingerprint density at radius 3 is 2.42 bits per heavy atom. The van der Waals surface area contributed by atoms with Crippen molar-refractivity contribution < 1.29 is 19.8 Å². The molecule has 3 aromatic rings. The van der Waals surface area contributed by atoms with E-state index in [-0.39, 0.29) is 6.10 Å². The van der Waals surface area contributed by atoms with Crippen molar-refractivity contribution in [1.29, 1.82) is 0 Å². The van der Waals surface area contributed by atoms with Gasteiger partial charge in [0.2, 0.25) is 0 Å². The number of carboxylic acid groups (broad SMARTS) is 1. The van der Waals surface area contributed by atoms with Crippen LogP contribution in [-0.4, -0.2) is 46.3 Å². The van der Waals surface area contributed by atoms with E-state index in [9.17, 15) is 19.8 Å². The van der Waals surface area contributed by atoms with Crippen LogP contribution in [0.4, 0.5) is 10.5 Å². The first-order chi connectivity index (χ1) is 15.0. The number of anilines is 1. The minimum absolute atomic E-state index is 0.272. The molecule has 8 heteroatoms. The molecule has 2 aromatic carbocycles. The number of likely N-dealkylation sites (tertiary alicyclic amines) is 1. The van der Waals surface area contributed by atoms with Crippen LogP contribution in [0, 0.1) is 0 Å². The number of aliphatic hydroxyl groups excluding tert-OH is 1. The van der Waals surface area contributed by atoms with E-state index < -0.39 is 12.0 Å². The summed E-state index contributed by atoms with van der Waals surface area (Å²) in [6.45, 7) is 2.21. The van der Waals surface area contributed by atoms with Crippen LogP contribution in [0.5, 0.6) is 0 Å². The van der Waals surface area contributed by atoms with Crippen LogP contribution in [0.25, 0.3) is 10.4 Å². The molecule has 0 saturated carbocycles. The Morgan fingerprint density at radius 2 is 1.84 bits per heavy atom. The van der Waals surface area contributed by atoms with Crippen molar-refractivity contribution in [3.63, 3.8) is 0 Å².